The smallest absolute Gasteiger partial charge is 0.191 e. The van der Waals surface area contributed by atoms with Crippen molar-refractivity contribution in [1.29, 1.82) is 0 Å². The lowest BCUT2D eigenvalue weighted by molar-refractivity contribution is 0.475. The van der Waals surface area contributed by atoms with Crippen molar-refractivity contribution in [2.45, 2.75) is 32.2 Å². The lowest BCUT2D eigenvalue weighted by Gasteiger charge is -2.20. The molecule has 3 rings (SSSR count). The number of nitrogens with zero attached hydrogens (tertiary/aromatic N) is 3. The highest BCUT2D eigenvalue weighted by atomic mass is 127. The number of hydrogen-bond donors (Lipinski definition) is 3. The fourth-order valence-corrected chi connectivity index (χ4v) is 3.57. The fourth-order valence-electron chi connectivity index (χ4n) is 3.33. The standard InChI is InChI=1S/C21H28ClN5O.HI/c1-2-23-21(25-13-3-5-16-7-9-18(28)10-8-16)26-17-11-14-27(15-17)20-19(22)6-4-12-24-20;/h4,6-10,12,17,28H,2-3,5,11,13-15H2,1H3,(H2,23,25,26);1H. The van der Waals surface area contributed by atoms with Gasteiger partial charge < -0.3 is 20.6 Å². The zero-order valence-electron chi connectivity index (χ0n) is 16.6. The number of hydrogen-bond acceptors (Lipinski definition) is 4. The minimum Gasteiger partial charge on any atom is -0.508 e. The Morgan fingerprint density at radius 2 is 2.10 bits per heavy atom. The molecule has 158 valence electrons. The Morgan fingerprint density at radius 3 is 2.83 bits per heavy atom. The van der Waals surface area contributed by atoms with Gasteiger partial charge in [0.05, 0.1) is 5.02 Å². The molecule has 0 bridgehead atoms. The van der Waals surface area contributed by atoms with E-state index >= 15 is 0 Å². The van der Waals surface area contributed by atoms with Gasteiger partial charge in [-0.2, -0.15) is 0 Å². The number of aromatic hydroxyl groups is 1. The Bertz CT molecular complexity index is 787. The third-order valence-electron chi connectivity index (χ3n) is 4.74. The first-order valence-electron chi connectivity index (χ1n) is 9.84. The van der Waals surface area contributed by atoms with Gasteiger partial charge in [0.15, 0.2) is 5.96 Å². The van der Waals surface area contributed by atoms with Crippen LogP contribution in [0.25, 0.3) is 0 Å². The van der Waals surface area contributed by atoms with E-state index in [9.17, 15) is 5.11 Å². The van der Waals surface area contributed by atoms with Crippen molar-refractivity contribution in [3.63, 3.8) is 0 Å². The topological polar surface area (TPSA) is 72.8 Å². The average Bonchev–Trinajstić information content (AvgIpc) is 3.15. The number of pyridine rings is 1. The summed E-state index contributed by atoms with van der Waals surface area (Å²) in [5.74, 6) is 2.01. The zero-order chi connectivity index (χ0) is 19.8. The second-order valence-electron chi connectivity index (χ2n) is 6.92. The van der Waals surface area contributed by atoms with Crippen molar-refractivity contribution in [2.24, 2.45) is 4.99 Å². The van der Waals surface area contributed by atoms with Crippen LogP contribution in [0.3, 0.4) is 0 Å². The van der Waals surface area contributed by atoms with E-state index in [1.54, 1.807) is 18.3 Å². The number of aryl methyl sites for hydroxylation is 1. The summed E-state index contributed by atoms with van der Waals surface area (Å²) < 4.78 is 0. The predicted octanol–water partition coefficient (Wildman–Crippen LogP) is 3.83. The molecular weight excluding hydrogens is 501 g/mol. The molecule has 1 aliphatic heterocycles. The van der Waals surface area contributed by atoms with Gasteiger partial charge in [-0.1, -0.05) is 23.7 Å². The number of halogens is 2. The Labute approximate surface area is 194 Å². The van der Waals surface area contributed by atoms with E-state index in [1.165, 1.54) is 5.56 Å². The number of nitrogens with one attached hydrogen (secondary N) is 2. The highest BCUT2D eigenvalue weighted by Gasteiger charge is 2.25. The van der Waals surface area contributed by atoms with E-state index in [0.29, 0.717) is 16.8 Å². The summed E-state index contributed by atoms with van der Waals surface area (Å²) in [4.78, 5) is 11.3. The number of anilines is 1. The maximum atomic E-state index is 9.35. The molecule has 1 aliphatic rings. The van der Waals surface area contributed by atoms with Gasteiger partial charge in [0.1, 0.15) is 11.6 Å². The molecule has 29 heavy (non-hydrogen) atoms. The summed E-state index contributed by atoms with van der Waals surface area (Å²) in [6.45, 7) is 5.43. The highest BCUT2D eigenvalue weighted by Crippen LogP contribution is 2.25. The predicted molar refractivity (Wildman–Crippen MR) is 131 cm³/mol. The van der Waals surface area contributed by atoms with Crippen molar-refractivity contribution in [3.8, 4) is 5.75 Å². The molecule has 0 aliphatic carbocycles. The van der Waals surface area contributed by atoms with Gasteiger partial charge in [0, 0.05) is 38.4 Å². The van der Waals surface area contributed by atoms with Crippen LogP contribution in [0.4, 0.5) is 5.82 Å². The Hall–Kier alpha value is -1.74. The molecule has 1 aromatic carbocycles. The molecule has 1 aromatic heterocycles. The molecule has 3 N–H and O–H groups in total. The molecule has 1 saturated heterocycles. The molecule has 2 aromatic rings. The molecule has 2 heterocycles. The molecule has 0 saturated carbocycles. The van der Waals surface area contributed by atoms with E-state index in [4.69, 9.17) is 16.6 Å². The third kappa shape index (κ3) is 7.22. The lowest BCUT2D eigenvalue weighted by atomic mass is 10.1. The van der Waals surface area contributed by atoms with E-state index in [0.717, 1.165) is 57.2 Å². The first kappa shape index (κ1) is 23.5. The maximum Gasteiger partial charge on any atom is 0.191 e. The fraction of sp³-hybridized carbons (Fsp3) is 0.429. The van der Waals surface area contributed by atoms with Gasteiger partial charge in [0.2, 0.25) is 0 Å². The number of aromatic nitrogens is 1. The van der Waals surface area contributed by atoms with E-state index < -0.39 is 0 Å². The van der Waals surface area contributed by atoms with Gasteiger partial charge in [-0.3, -0.25) is 4.99 Å². The normalized spacial score (nSPS) is 16.4. The Balaban J connectivity index is 0.00000300. The van der Waals surface area contributed by atoms with Crippen LogP contribution in [0, 0.1) is 0 Å². The first-order valence-corrected chi connectivity index (χ1v) is 10.2. The number of aliphatic imine (C=N–C) groups is 1. The van der Waals surface area contributed by atoms with Gasteiger partial charge in [-0.25, -0.2) is 4.98 Å². The van der Waals surface area contributed by atoms with Crippen LogP contribution >= 0.6 is 35.6 Å². The number of benzene rings is 1. The van der Waals surface area contributed by atoms with Crippen LogP contribution in [0.15, 0.2) is 47.6 Å². The summed E-state index contributed by atoms with van der Waals surface area (Å²) in [6, 6.07) is 11.4. The molecule has 8 heteroatoms. The summed E-state index contributed by atoms with van der Waals surface area (Å²) in [6.07, 6.45) is 4.70. The monoisotopic (exact) mass is 529 g/mol. The van der Waals surface area contributed by atoms with E-state index in [2.05, 4.69) is 27.4 Å². The second-order valence-corrected chi connectivity index (χ2v) is 7.32. The van der Waals surface area contributed by atoms with E-state index in [-0.39, 0.29) is 24.0 Å². The number of guanidine groups is 1. The van der Waals surface area contributed by atoms with Crippen LogP contribution in [-0.2, 0) is 6.42 Å². The lowest BCUT2D eigenvalue weighted by Crippen LogP contribution is -2.44. The molecular formula is C21H29ClIN5O. The minimum absolute atomic E-state index is 0. The molecule has 6 nitrogen and oxygen atoms in total. The zero-order valence-corrected chi connectivity index (χ0v) is 19.7. The minimum atomic E-state index is 0. The van der Waals surface area contributed by atoms with Crippen LogP contribution in [0.2, 0.25) is 5.02 Å². The molecule has 0 radical (unpaired) electrons. The quantitative estimate of drug-likeness (QED) is 0.220. The number of rotatable bonds is 7. The maximum absolute atomic E-state index is 9.35. The van der Waals surface area contributed by atoms with Gasteiger partial charge in [-0.15, -0.1) is 24.0 Å². The summed E-state index contributed by atoms with van der Waals surface area (Å²) in [5.41, 5.74) is 1.21. The summed E-state index contributed by atoms with van der Waals surface area (Å²) in [7, 11) is 0. The van der Waals surface area contributed by atoms with Crippen LogP contribution in [0.1, 0.15) is 25.3 Å². The molecule has 1 atom stereocenters. The first-order chi connectivity index (χ1) is 13.7. The van der Waals surface area contributed by atoms with Crippen molar-refractivity contribution in [1.82, 2.24) is 15.6 Å². The summed E-state index contributed by atoms with van der Waals surface area (Å²) >= 11 is 6.28. The van der Waals surface area contributed by atoms with E-state index in [1.807, 2.05) is 24.3 Å². The second kappa shape index (κ2) is 12.1. The summed E-state index contributed by atoms with van der Waals surface area (Å²) in [5, 5.41) is 16.9. The van der Waals surface area contributed by atoms with Crippen molar-refractivity contribution in [2.75, 3.05) is 31.1 Å². The van der Waals surface area contributed by atoms with Gasteiger partial charge in [-0.05, 0) is 56.0 Å². The molecule has 0 amide bonds. The SMILES string of the molecule is CCNC(=NCCCc1ccc(O)cc1)NC1CCN(c2ncccc2Cl)C1.I. The molecule has 0 spiro atoms. The highest BCUT2D eigenvalue weighted by molar-refractivity contribution is 14.0. The largest absolute Gasteiger partial charge is 0.508 e. The number of phenols is 1. The Kier molecular flexibility index (Phi) is 9.80. The van der Waals surface area contributed by atoms with Crippen molar-refractivity contribution >= 4 is 47.4 Å². The molecule has 1 fully saturated rings. The van der Waals surface area contributed by atoms with Crippen molar-refractivity contribution < 1.29 is 5.11 Å². The average molecular weight is 530 g/mol. The van der Waals surface area contributed by atoms with Crippen LogP contribution in [-0.4, -0.2) is 48.3 Å². The third-order valence-corrected chi connectivity index (χ3v) is 5.04. The van der Waals surface area contributed by atoms with Gasteiger partial charge >= 0.3 is 0 Å². The van der Waals surface area contributed by atoms with Crippen molar-refractivity contribution in [3.05, 3.63) is 53.2 Å². The Morgan fingerprint density at radius 1 is 1.31 bits per heavy atom. The van der Waals surface area contributed by atoms with Gasteiger partial charge in [0.25, 0.3) is 0 Å². The van der Waals surface area contributed by atoms with Crippen LogP contribution in [0.5, 0.6) is 5.75 Å². The van der Waals surface area contributed by atoms with Crippen LogP contribution < -0.4 is 15.5 Å². The molecule has 1 unspecified atom stereocenters. The number of phenolic OH excluding ortho intramolecular Hbond substituents is 1.